The number of piperidine rings is 1. The first-order chi connectivity index (χ1) is 6.49. The average molecular weight is 193 g/mol. The van der Waals surface area contributed by atoms with Crippen LogP contribution in [0.3, 0.4) is 0 Å². The number of hydrogen-bond acceptors (Lipinski definition) is 1. The Balaban J connectivity index is 2.39. The quantitative estimate of drug-likeness (QED) is 0.579. The molecule has 0 aromatic carbocycles. The second-order valence-electron chi connectivity index (χ2n) is 5.37. The van der Waals surface area contributed by atoms with E-state index < -0.39 is 0 Å². The molecule has 1 aliphatic rings. The van der Waals surface area contributed by atoms with Crippen LogP contribution < -0.4 is 0 Å². The summed E-state index contributed by atoms with van der Waals surface area (Å²) in [4.78, 5) is 2.50. The normalized spacial score (nSPS) is 24.1. The summed E-state index contributed by atoms with van der Waals surface area (Å²) >= 11 is 0. The molecule has 0 amide bonds. The van der Waals surface area contributed by atoms with Crippen molar-refractivity contribution >= 4 is 0 Å². The van der Waals surface area contributed by atoms with Gasteiger partial charge < -0.3 is 0 Å². The third-order valence-corrected chi connectivity index (χ3v) is 2.69. The molecule has 14 heavy (non-hydrogen) atoms. The fourth-order valence-electron chi connectivity index (χ4n) is 1.80. The Bertz CT molecular complexity index is 226. The molecule has 0 N–H and O–H groups in total. The molecule has 1 saturated heterocycles. The predicted octanol–water partition coefficient (Wildman–Crippen LogP) is 2.91. The van der Waals surface area contributed by atoms with E-state index in [0.29, 0.717) is 0 Å². The Hall–Kier alpha value is -0.480. The number of rotatable bonds is 1. The minimum atomic E-state index is 0.152. The molecule has 0 bridgehead atoms. The van der Waals surface area contributed by atoms with Crippen molar-refractivity contribution in [3.8, 4) is 11.8 Å². The fraction of sp³-hybridized carbons (Fsp3) is 0.846. The van der Waals surface area contributed by atoms with Gasteiger partial charge in [-0.3, -0.25) is 4.90 Å². The molecule has 1 atom stereocenters. The average Bonchev–Trinajstić information content (AvgIpc) is 2.06. The lowest BCUT2D eigenvalue weighted by Gasteiger charge is -2.31. The molecular weight excluding hydrogens is 170 g/mol. The van der Waals surface area contributed by atoms with E-state index in [1.54, 1.807) is 0 Å². The van der Waals surface area contributed by atoms with Crippen LogP contribution in [0.25, 0.3) is 0 Å². The zero-order chi connectivity index (χ0) is 10.6. The van der Waals surface area contributed by atoms with Crippen molar-refractivity contribution in [1.29, 1.82) is 0 Å². The van der Waals surface area contributed by atoms with Crippen molar-refractivity contribution in [3.63, 3.8) is 0 Å². The molecule has 0 saturated carbocycles. The fourth-order valence-corrected chi connectivity index (χ4v) is 1.80. The van der Waals surface area contributed by atoms with E-state index in [1.165, 1.54) is 25.8 Å². The molecular formula is C13H23N. The van der Waals surface area contributed by atoms with E-state index >= 15 is 0 Å². The van der Waals surface area contributed by atoms with Crippen molar-refractivity contribution in [2.45, 2.75) is 53.0 Å². The molecule has 1 aliphatic heterocycles. The van der Waals surface area contributed by atoms with Gasteiger partial charge in [0.1, 0.15) is 0 Å². The SMILES string of the molecule is CC1CCCCN1CC#CC(C)(C)C. The maximum atomic E-state index is 3.30. The molecule has 0 aromatic rings. The highest BCUT2D eigenvalue weighted by Gasteiger charge is 2.16. The minimum absolute atomic E-state index is 0.152. The second kappa shape index (κ2) is 4.84. The van der Waals surface area contributed by atoms with Gasteiger partial charge >= 0.3 is 0 Å². The Labute approximate surface area is 88.9 Å². The van der Waals surface area contributed by atoms with Gasteiger partial charge in [0.15, 0.2) is 0 Å². The van der Waals surface area contributed by atoms with Gasteiger partial charge in [0.2, 0.25) is 0 Å². The molecule has 1 heterocycles. The van der Waals surface area contributed by atoms with E-state index in [-0.39, 0.29) is 5.41 Å². The maximum absolute atomic E-state index is 3.30. The van der Waals surface area contributed by atoms with Gasteiger partial charge in [-0.15, -0.1) is 0 Å². The molecule has 1 unspecified atom stereocenters. The highest BCUT2D eigenvalue weighted by atomic mass is 15.1. The Morgan fingerprint density at radius 2 is 2.00 bits per heavy atom. The van der Waals surface area contributed by atoms with Crippen molar-refractivity contribution < 1.29 is 0 Å². The van der Waals surface area contributed by atoms with Crippen LogP contribution in [0.5, 0.6) is 0 Å². The van der Waals surface area contributed by atoms with Crippen LogP contribution in [0.15, 0.2) is 0 Å². The van der Waals surface area contributed by atoms with Crippen LogP contribution in [0.4, 0.5) is 0 Å². The molecule has 1 fully saturated rings. The highest BCUT2D eigenvalue weighted by Crippen LogP contribution is 2.15. The zero-order valence-corrected chi connectivity index (χ0v) is 10.1. The summed E-state index contributed by atoms with van der Waals surface area (Å²) < 4.78 is 0. The van der Waals surface area contributed by atoms with E-state index in [4.69, 9.17) is 0 Å². The summed E-state index contributed by atoms with van der Waals surface area (Å²) in [6, 6.07) is 0.734. The number of nitrogens with zero attached hydrogens (tertiary/aromatic N) is 1. The Kier molecular flexibility index (Phi) is 4.01. The third-order valence-electron chi connectivity index (χ3n) is 2.69. The van der Waals surface area contributed by atoms with Crippen molar-refractivity contribution in [2.75, 3.05) is 13.1 Å². The largest absolute Gasteiger partial charge is 0.290 e. The van der Waals surface area contributed by atoms with Gasteiger partial charge in [-0.05, 0) is 47.1 Å². The van der Waals surface area contributed by atoms with Crippen LogP contribution in [0.1, 0.15) is 47.0 Å². The molecule has 0 radical (unpaired) electrons. The zero-order valence-electron chi connectivity index (χ0n) is 10.1. The maximum Gasteiger partial charge on any atom is 0.0604 e. The molecule has 1 heteroatoms. The van der Waals surface area contributed by atoms with Gasteiger partial charge in [-0.1, -0.05) is 18.3 Å². The first-order valence-corrected chi connectivity index (χ1v) is 5.73. The predicted molar refractivity (Wildman–Crippen MR) is 62.1 cm³/mol. The monoisotopic (exact) mass is 193 g/mol. The van der Waals surface area contributed by atoms with Gasteiger partial charge in [0, 0.05) is 11.5 Å². The van der Waals surface area contributed by atoms with Gasteiger partial charge in [-0.25, -0.2) is 0 Å². The van der Waals surface area contributed by atoms with Gasteiger partial charge in [0.25, 0.3) is 0 Å². The van der Waals surface area contributed by atoms with Crippen LogP contribution in [0, 0.1) is 17.3 Å². The summed E-state index contributed by atoms with van der Waals surface area (Å²) in [6.45, 7) is 11.0. The number of hydrogen-bond donors (Lipinski definition) is 0. The van der Waals surface area contributed by atoms with Gasteiger partial charge in [-0.2, -0.15) is 0 Å². The summed E-state index contributed by atoms with van der Waals surface area (Å²) in [5.41, 5.74) is 0.152. The Morgan fingerprint density at radius 1 is 1.29 bits per heavy atom. The molecule has 0 aliphatic carbocycles. The third kappa shape index (κ3) is 4.15. The minimum Gasteiger partial charge on any atom is -0.290 e. The Morgan fingerprint density at radius 3 is 2.57 bits per heavy atom. The first kappa shape index (κ1) is 11.6. The van der Waals surface area contributed by atoms with Crippen molar-refractivity contribution in [1.82, 2.24) is 4.90 Å². The first-order valence-electron chi connectivity index (χ1n) is 5.73. The molecule has 0 aromatic heterocycles. The molecule has 1 nitrogen and oxygen atoms in total. The summed E-state index contributed by atoms with van der Waals surface area (Å²) in [5.74, 6) is 6.60. The standard InChI is InChI=1S/C13H23N/c1-12-8-5-6-10-14(12)11-7-9-13(2,3)4/h12H,5-6,8,10-11H2,1-4H3. The summed E-state index contributed by atoms with van der Waals surface area (Å²) in [7, 11) is 0. The molecule has 1 rings (SSSR count). The summed E-state index contributed by atoms with van der Waals surface area (Å²) in [5, 5.41) is 0. The second-order valence-corrected chi connectivity index (χ2v) is 5.37. The highest BCUT2D eigenvalue weighted by molar-refractivity contribution is 5.09. The number of likely N-dealkylation sites (tertiary alicyclic amines) is 1. The smallest absolute Gasteiger partial charge is 0.0604 e. The topological polar surface area (TPSA) is 3.24 Å². The lowest BCUT2D eigenvalue weighted by Crippen LogP contribution is -2.37. The van der Waals surface area contributed by atoms with E-state index in [9.17, 15) is 0 Å². The summed E-state index contributed by atoms with van der Waals surface area (Å²) in [6.07, 6.45) is 4.09. The van der Waals surface area contributed by atoms with Crippen LogP contribution in [0.2, 0.25) is 0 Å². The lowest BCUT2D eigenvalue weighted by molar-refractivity contribution is 0.181. The van der Waals surface area contributed by atoms with Crippen molar-refractivity contribution in [3.05, 3.63) is 0 Å². The van der Waals surface area contributed by atoms with E-state index in [2.05, 4.69) is 44.4 Å². The molecule has 0 spiro atoms. The van der Waals surface area contributed by atoms with Crippen LogP contribution in [-0.2, 0) is 0 Å². The van der Waals surface area contributed by atoms with Crippen LogP contribution >= 0.6 is 0 Å². The lowest BCUT2D eigenvalue weighted by atomic mass is 9.98. The van der Waals surface area contributed by atoms with Crippen molar-refractivity contribution in [2.24, 2.45) is 5.41 Å². The van der Waals surface area contributed by atoms with E-state index in [0.717, 1.165) is 12.6 Å². The van der Waals surface area contributed by atoms with Gasteiger partial charge in [0.05, 0.1) is 6.54 Å². The van der Waals surface area contributed by atoms with E-state index in [1.807, 2.05) is 0 Å². The molecule has 80 valence electrons. The van der Waals surface area contributed by atoms with Crippen LogP contribution in [-0.4, -0.2) is 24.0 Å².